The maximum atomic E-state index is 9.12. The van der Waals surface area contributed by atoms with Gasteiger partial charge in [0, 0.05) is 14.1 Å². The molecule has 6 nitrogen and oxygen atoms in total. The molecule has 0 aliphatic rings. The van der Waals surface area contributed by atoms with Gasteiger partial charge in [-0.05, 0) is 30.7 Å². The molecule has 0 atom stereocenters. The number of oxazole rings is 1. The Bertz CT molecular complexity index is 887. The topological polar surface area (TPSA) is 75.4 Å². The number of aryl methyl sites for hydroxylation is 1. The number of hydrogen-bond donors (Lipinski definition) is 0. The van der Waals surface area contributed by atoms with Gasteiger partial charge >= 0.3 is 0 Å². The minimum Gasteiger partial charge on any atom is -0.485 e. The van der Waals surface area contributed by atoms with Crippen LogP contribution in [0.15, 0.2) is 45.2 Å². The molecule has 2 aromatic heterocycles. The van der Waals surface area contributed by atoms with Gasteiger partial charge in [-0.2, -0.15) is 10.2 Å². The Morgan fingerprint density at radius 3 is 2.62 bits per heavy atom. The molecular formula is C18H17N3O3. The first-order valence-corrected chi connectivity index (χ1v) is 7.44. The van der Waals surface area contributed by atoms with Crippen LogP contribution in [-0.2, 0) is 6.61 Å². The Balaban J connectivity index is 1.76. The summed E-state index contributed by atoms with van der Waals surface area (Å²) in [5.74, 6) is 2.60. The van der Waals surface area contributed by atoms with E-state index in [0.717, 1.165) is 11.3 Å². The van der Waals surface area contributed by atoms with Gasteiger partial charge in [-0.1, -0.05) is 18.2 Å². The molecular weight excluding hydrogens is 306 g/mol. The summed E-state index contributed by atoms with van der Waals surface area (Å²) in [5, 5.41) is 9.12. The van der Waals surface area contributed by atoms with E-state index in [-0.39, 0.29) is 11.6 Å². The van der Waals surface area contributed by atoms with Crippen LogP contribution in [0.25, 0.3) is 11.7 Å². The van der Waals surface area contributed by atoms with Crippen LogP contribution in [0.3, 0.4) is 0 Å². The molecule has 1 aromatic carbocycles. The number of nitriles is 1. The van der Waals surface area contributed by atoms with Gasteiger partial charge in [0.25, 0.3) is 5.89 Å². The molecule has 0 bridgehead atoms. The van der Waals surface area contributed by atoms with Crippen LogP contribution < -0.4 is 9.64 Å². The van der Waals surface area contributed by atoms with E-state index in [2.05, 4.69) is 4.98 Å². The van der Waals surface area contributed by atoms with Crippen molar-refractivity contribution in [2.45, 2.75) is 13.5 Å². The molecule has 0 fully saturated rings. The van der Waals surface area contributed by atoms with Gasteiger partial charge in [0.15, 0.2) is 5.76 Å². The van der Waals surface area contributed by atoms with Crippen LogP contribution in [0.2, 0.25) is 0 Å². The number of furan rings is 1. The second-order valence-corrected chi connectivity index (χ2v) is 5.50. The zero-order valence-corrected chi connectivity index (χ0v) is 13.7. The van der Waals surface area contributed by atoms with Gasteiger partial charge in [0.2, 0.25) is 11.6 Å². The molecule has 6 heteroatoms. The van der Waals surface area contributed by atoms with Crippen LogP contribution in [0.4, 0.5) is 5.88 Å². The van der Waals surface area contributed by atoms with Crippen LogP contribution in [0, 0.1) is 18.3 Å². The van der Waals surface area contributed by atoms with E-state index >= 15 is 0 Å². The highest BCUT2D eigenvalue weighted by atomic mass is 16.5. The van der Waals surface area contributed by atoms with E-state index < -0.39 is 0 Å². The Morgan fingerprint density at radius 1 is 1.17 bits per heavy atom. The molecule has 0 saturated heterocycles. The van der Waals surface area contributed by atoms with Crippen LogP contribution in [0.5, 0.6) is 5.75 Å². The van der Waals surface area contributed by atoms with Crippen LogP contribution >= 0.6 is 0 Å². The van der Waals surface area contributed by atoms with Gasteiger partial charge in [-0.15, -0.1) is 0 Å². The number of para-hydroxylation sites is 1. The molecule has 0 aliphatic carbocycles. The highest BCUT2D eigenvalue weighted by molar-refractivity contribution is 5.55. The third kappa shape index (κ3) is 3.10. The quantitative estimate of drug-likeness (QED) is 0.711. The number of ether oxygens (including phenoxy) is 1. The van der Waals surface area contributed by atoms with Crippen molar-refractivity contribution < 1.29 is 13.6 Å². The summed E-state index contributed by atoms with van der Waals surface area (Å²) in [5.41, 5.74) is 1.29. The fourth-order valence-electron chi connectivity index (χ4n) is 2.23. The lowest BCUT2D eigenvalue weighted by Gasteiger charge is -2.06. The first-order valence-electron chi connectivity index (χ1n) is 7.44. The number of rotatable bonds is 5. The second kappa shape index (κ2) is 6.50. The van der Waals surface area contributed by atoms with Crippen LogP contribution in [-0.4, -0.2) is 19.1 Å². The fourth-order valence-corrected chi connectivity index (χ4v) is 2.23. The van der Waals surface area contributed by atoms with Crippen molar-refractivity contribution in [1.82, 2.24) is 4.98 Å². The van der Waals surface area contributed by atoms with E-state index in [1.54, 1.807) is 31.1 Å². The molecule has 0 amide bonds. The number of aromatic nitrogens is 1. The first kappa shape index (κ1) is 15.7. The van der Waals surface area contributed by atoms with E-state index in [0.29, 0.717) is 24.0 Å². The first-order chi connectivity index (χ1) is 11.6. The predicted molar refractivity (Wildman–Crippen MR) is 88.8 cm³/mol. The highest BCUT2D eigenvalue weighted by Gasteiger charge is 2.18. The van der Waals surface area contributed by atoms with Crippen molar-refractivity contribution in [2.24, 2.45) is 0 Å². The largest absolute Gasteiger partial charge is 0.485 e. The molecule has 0 spiro atoms. The fraction of sp³-hybridized carbons (Fsp3) is 0.222. The zero-order valence-electron chi connectivity index (χ0n) is 13.7. The van der Waals surface area contributed by atoms with Gasteiger partial charge in [0.05, 0.1) is 0 Å². The zero-order chi connectivity index (χ0) is 17.1. The average molecular weight is 323 g/mol. The van der Waals surface area contributed by atoms with Crippen LogP contribution in [0.1, 0.15) is 17.0 Å². The van der Waals surface area contributed by atoms with Crippen molar-refractivity contribution in [3.05, 3.63) is 53.4 Å². The molecule has 3 aromatic rings. The lowest BCUT2D eigenvalue weighted by molar-refractivity contribution is 0.269. The second-order valence-electron chi connectivity index (χ2n) is 5.50. The highest BCUT2D eigenvalue weighted by Crippen LogP contribution is 2.28. The monoisotopic (exact) mass is 323 g/mol. The lowest BCUT2D eigenvalue weighted by Crippen LogP contribution is -2.08. The van der Waals surface area contributed by atoms with Crippen molar-refractivity contribution >= 4 is 5.88 Å². The summed E-state index contributed by atoms with van der Waals surface area (Å²) in [6.07, 6.45) is 0. The smallest absolute Gasteiger partial charge is 0.266 e. The minimum absolute atomic E-state index is 0.226. The SMILES string of the molecule is Cc1ccccc1OCc1ccc(-c2nc(C#N)c(N(C)C)o2)o1. The molecule has 0 radical (unpaired) electrons. The molecule has 0 N–H and O–H groups in total. The van der Waals surface area contributed by atoms with Gasteiger partial charge in [-0.25, -0.2) is 0 Å². The van der Waals surface area contributed by atoms with Crippen molar-refractivity contribution in [2.75, 3.05) is 19.0 Å². The maximum absolute atomic E-state index is 9.12. The summed E-state index contributed by atoms with van der Waals surface area (Å²) in [7, 11) is 3.57. The standard InChI is InChI=1S/C18H17N3O3/c1-12-6-4-5-7-15(12)22-11-13-8-9-16(23-13)17-20-14(10-19)18(24-17)21(2)3/h4-9H,11H2,1-3H3. The minimum atomic E-state index is 0.226. The Kier molecular flexibility index (Phi) is 4.25. The summed E-state index contributed by atoms with van der Waals surface area (Å²) in [4.78, 5) is 5.86. The predicted octanol–water partition coefficient (Wildman–Crippen LogP) is 3.76. The third-order valence-electron chi connectivity index (χ3n) is 3.46. The number of hydrogen-bond acceptors (Lipinski definition) is 6. The Morgan fingerprint density at radius 2 is 1.96 bits per heavy atom. The van der Waals surface area contributed by atoms with E-state index in [1.807, 2.05) is 37.3 Å². The molecule has 122 valence electrons. The van der Waals surface area contributed by atoms with E-state index in [1.165, 1.54) is 0 Å². The van der Waals surface area contributed by atoms with Crippen molar-refractivity contribution in [1.29, 1.82) is 5.26 Å². The van der Waals surface area contributed by atoms with Crippen molar-refractivity contribution in [3.63, 3.8) is 0 Å². The third-order valence-corrected chi connectivity index (χ3v) is 3.46. The lowest BCUT2D eigenvalue weighted by atomic mass is 10.2. The molecule has 24 heavy (non-hydrogen) atoms. The summed E-state index contributed by atoms with van der Waals surface area (Å²) >= 11 is 0. The normalized spacial score (nSPS) is 10.4. The molecule has 2 heterocycles. The van der Waals surface area contributed by atoms with Gasteiger partial charge < -0.3 is 18.5 Å². The molecule has 3 rings (SSSR count). The van der Waals surface area contributed by atoms with E-state index in [4.69, 9.17) is 18.8 Å². The molecule has 0 unspecified atom stereocenters. The Hall–Kier alpha value is -3.20. The Labute approximate surface area is 139 Å². The molecule has 0 saturated carbocycles. The number of nitrogens with zero attached hydrogens (tertiary/aromatic N) is 3. The van der Waals surface area contributed by atoms with Crippen molar-refractivity contribution in [3.8, 4) is 23.5 Å². The maximum Gasteiger partial charge on any atom is 0.266 e. The average Bonchev–Trinajstić information content (AvgIpc) is 3.20. The summed E-state index contributed by atoms with van der Waals surface area (Å²) in [6, 6.07) is 13.4. The summed E-state index contributed by atoms with van der Waals surface area (Å²) < 4.78 is 17.1. The summed E-state index contributed by atoms with van der Waals surface area (Å²) in [6.45, 7) is 2.29. The van der Waals surface area contributed by atoms with Gasteiger partial charge in [0.1, 0.15) is 24.2 Å². The number of anilines is 1. The molecule has 0 aliphatic heterocycles. The van der Waals surface area contributed by atoms with E-state index in [9.17, 15) is 0 Å². The van der Waals surface area contributed by atoms with Gasteiger partial charge in [-0.3, -0.25) is 0 Å². The number of benzene rings is 1.